The van der Waals surface area contributed by atoms with E-state index in [0.29, 0.717) is 43.8 Å². The second kappa shape index (κ2) is 22.8. The van der Waals surface area contributed by atoms with Crippen molar-refractivity contribution >= 4 is 40.4 Å². The zero-order chi connectivity index (χ0) is 48.4. The van der Waals surface area contributed by atoms with Crippen LogP contribution in [0.3, 0.4) is 0 Å². The molecule has 6 atom stereocenters. The van der Waals surface area contributed by atoms with Crippen LogP contribution in [0.5, 0.6) is 0 Å². The zero-order valence-electron chi connectivity index (χ0n) is 36.2. The summed E-state index contributed by atoms with van der Waals surface area (Å²) in [5, 5.41) is 13.7. The van der Waals surface area contributed by atoms with Gasteiger partial charge in [0.2, 0.25) is 21.8 Å². The summed E-state index contributed by atoms with van der Waals surface area (Å²) in [5.41, 5.74) is 4.96. The quantitative estimate of drug-likeness (QED) is 0.0748. The highest BCUT2D eigenvalue weighted by molar-refractivity contribution is 7.88. The van der Waals surface area contributed by atoms with E-state index in [0.717, 1.165) is 50.6 Å². The van der Waals surface area contributed by atoms with Crippen molar-refractivity contribution in [2.75, 3.05) is 45.5 Å². The van der Waals surface area contributed by atoms with Gasteiger partial charge in [0.15, 0.2) is 23.3 Å². The van der Waals surface area contributed by atoms with Crippen molar-refractivity contribution in [1.29, 1.82) is 0 Å². The number of alkyl carbamates (subject to hydrolysis) is 1. The third-order valence-corrected chi connectivity index (χ3v) is 12.4. The number of rotatable bonds is 13. The summed E-state index contributed by atoms with van der Waals surface area (Å²) in [6.07, 6.45) is 3.06. The topological polar surface area (TPSA) is 218 Å². The molecule has 23 heteroatoms. The lowest BCUT2D eigenvalue weighted by atomic mass is 10.0. The summed E-state index contributed by atoms with van der Waals surface area (Å²) in [6, 6.07) is 0.769. The molecule has 360 valence electrons. The highest BCUT2D eigenvalue weighted by Crippen LogP contribution is 2.33. The number of carbonyl (C=O) groups is 5. The van der Waals surface area contributed by atoms with Gasteiger partial charge in [-0.05, 0) is 81.5 Å². The lowest BCUT2D eigenvalue weighted by Gasteiger charge is -2.27. The van der Waals surface area contributed by atoms with E-state index in [1.165, 1.54) is 4.31 Å². The zero-order valence-corrected chi connectivity index (χ0v) is 37.0. The first-order chi connectivity index (χ1) is 30.4. The summed E-state index contributed by atoms with van der Waals surface area (Å²) in [7, 11) is -3.31. The highest BCUT2D eigenvalue weighted by atomic mass is 32.2. The molecule has 4 aliphatic rings. The first-order valence-electron chi connectivity index (χ1n) is 20.6. The van der Waals surface area contributed by atoms with Gasteiger partial charge < -0.3 is 40.7 Å². The molecule has 0 saturated carbocycles. The van der Waals surface area contributed by atoms with E-state index in [1.807, 2.05) is 0 Å². The number of sulfonamides is 1. The fraction of sp³-hybridized carbons (Fsp3) is 0.548. The van der Waals surface area contributed by atoms with Crippen LogP contribution in [0, 0.1) is 46.7 Å². The maximum atomic E-state index is 14.2. The standard InChI is InChI=1S/C21H28F3N3O3.C17H22F3N3O3S.C4H4O4/c1-21(2,3)30-20(29)26-14(6-13-7-16(23)17(24)9-15(13)22)8-19(28)27-5-4-12-10-25-11-18(12)27;1-27(25,26)22-8-10-2-3-23(16(10)9-22)17(24)6-12(21)4-11-5-14(19)15(20)7-13(11)18;5-3-8-2-1-4(6)7/h7,9,12,14,18,25H,4-6,8,10-11H2,1-3H3,(H,26,29);5,7,10,12,16H,2-4,6,8-9,21H2,1H3;1-3H,(H,6,7)/b;;2-1+/t12-,14+,18+;10-,12+,16+;/m00./s1. The lowest BCUT2D eigenvalue weighted by Crippen LogP contribution is -2.46. The Morgan fingerprint density at radius 2 is 1.37 bits per heavy atom. The molecule has 4 aliphatic heterocycles. The average molecular weight is 949 g/mol. The number of nitrogens with one attached hydrogen (secondary N) is 2. The Hall–Kier alpha value is -5.26. The average Bonchev–Trinajstić information content (AvgIpc) is 3.98. The fourth-order valence-electron chi connectivity index (χ4n) is 8.17. The van der Waals surface area contributed by atoms with E-state index in [4.69, 9.17) is 15.6 Å². The predicted octanol–water partition coefficient (Wildman–Crippen LogP) is 3.36. The molecular formula is C42H54F6N6O10S. The van der Waals surface area contributed by atoms with Gasteiger partial charge in [-0.1, -0.05) is 0 Å². The molecule has 2 aromatic carbocycles. The van der Waals surface area contributed by atoms with Crippen LogP contribution in [0.2, 0.25) is 0 Å². The SMILES string of the molecule is CC(C)(C)OC(=O)N[C@@H](CC(=O)N1CC[C@H]2CNC[C@H]21)Cc1cc(F)c(F)cc1F.CS(=O)(=O)N1C[C@@H]2CCN(C(=O)C[C@H](N)Cc3cc(F)c(F)cc3F)[C@@H]2C1.O=CO/C=C/C(=O)O. The molecule has 0 bridgehead atoms. The monoisotopic (exact) mass is 948 g/mol. The molecule has 2 aromatic rings. The van der Waals surface area contributed by atoms with E-state index < -0.39 is 74.7 Å². The number of benzene rings is 2. The van der Waals surface area contributed by atoms with E-state index in [2.05, 4.69) is 15.4 Å². The third-order valence-electron chi connectivity index (χ3n) is 11.1. The molecule has 6 rings (SSSR count). The van der Waals surface area contributed by atoms with Gasteiger partial charge in [0.25, 0.3) is 6.47 Å². The molecule has 0 aromatic heterocycles. The Balaban J connectivity index is 0.000000245. The maximum absolute atomic E-state index is 14.2. The molecule has 3 amide bonds. The van der Waals surface area contributed by atoms with Crippen molar-refractivity contribution in [1.82, 2.24) is 24.7 Å². The first-order valence-corrected chi connectivity index (χ1v) is 22.5. The van der Waals surface area contributed by atoms with E-state index in [-0.39, 0.29) is 79.6 Å². The van der Waals surface area contributed by atoms with Gasteiger partial charge in [-0.25, -0.2) is 44.3 Å². The Bertz CT molecular complexity index is 2200. The number of carboxylic acid groups (broad SMARTS) is 1. The Morgan fingerprint density at radius 3 is 1.92 bits per heavy atom. The smallest absolute Gasteiger partial charge is 0.407 e. The third kappa shape index (κ3) is 15.4. The van der Waals surface area contributed by atoms with Crippen LogP contribution in [0.15, 0.2) is 36.6 Å². The summed E-state index contributed by atoms with van der Waals surface area (Å²) < 4.78 is 115. The second-order valence-electron chi connectivity index (χ2n) is 17.2. The molecule has 0 radical (unpaired) electrons. The van der Waals surface area contributed by atoms with Crippen LogP contribution in [-0.2, 0) is 51.5 Å². The van der Waals surface area contributed by atoms with Crippen LogP contribution in [0.1, 0.15) is 57.6 Å². The van der Waals surface area contributed by atoms with Crippen LogP contribution < -0.4 is 16.4 Å². The van der Waals surface area contributed by atoms with Crippen molar-refractivity contribution in [2.24, 2.45) is 17.6 Å². The number of amides is 3. The van der Waals surface area contributed by atoms with Crippen molar-refractivity contribution in [3.05, 3.63) is 82.6 Å². The molecule has 0 unspecified atom stereocenters. The van der Waals surface area contributed by atoms with Gasteiger partial charge in [-0.15, -0.1) is 0 Å². The normalized spacial score (nSPS) is 21.3. The van der Waals surface area contributed by atoms with Crippen molar-refractivity contribution in [3.8, 4) is 0 Å². The lowest BCUT2D eigenvalue weighted by molar-refractivity contribution is -0.133. The Labute approximate surface area is 372 Å². The molecule has 5 N–H and O–H groups in total. The van der Waals surface area contributed by atoms with Gasteiger partial charge in [-0.2, -0.15) is 4.31 Å². The van der Waals surface area contributed by atoms with Gasteiger partial charge >= 0.3 is 12.1 Å². The first kappa shape index (κ1) is 52.4. The largest absolute Gasteiger partial charge is 0.478 e. The number of aliphatic carboxylic acids is 1. The predicted molar refractivity (Wildman–Crippen MR) is 221 cm³/mol. The number of nitrogens with two attached hydrogens (primary N) is 1. The summed E-state index contributed by atoms with van der Waals surface area (Å²) in [5.74, 6) is -7.81. The van der Waals surface area contributed by atoms with Gasteiger partial charge in [0.1, 0.15) is 23.5 Å². The summed E-state index contributed by atoms with van der Waals surface area (Å²) >= 11 is 0. The van der Waals surface area contributed by atoms with Gasteiger partial charge in [-0.3, -0.25) is 14.4 Å². The molecule has 16 nitrogen and oxygen atoms in total. The van der Waals surface area contributed by atoms with E-state index in [1.54, 1.807) is 30.6 Å². The van der Waals surface area contributed by atoms with E-state index in [9.17, 15) is 58.7 Å². The molecule has 4 saturated heterocycles. The number of nitrogens with zero attached hydrogens (tertiary/aromatic N) is 3. The van der Waals surface area contributed by atoms with Crippen LogP contribution in [0.25, 0.3) is 0 Å². The number of ether oxygens (including phenoxy) is 2. The van der Waals surface area contributed by atoms with Crippen molar-refractivity contribution < 1.29 is 73.3 Å². The van der Waals surface area contributed by atoms with Gasteiger partial charge in [0, 0.05) is 88.4 Å². The van der Waals surface area contributed by atoms with Crippen LogP contribution in [0.4, 0.5) is 31.1 Å². The molecule has 0 aliphatic carbocycles. The van der Waals surface area contributed by atoms with Crippen LogP contribution >= 0.6 is 0 Å². The van der Waals surface area contributed by atoms with Crippen LogP contribution in [-0.4, -0.2) is 133 Å². The Morgan fingerprint density at radius 1 is 0.831 bits per heavy atom. The Kier molecular flexibility index (Phi) is 18.3. The maximum Gasteiger partial charge on any atom is 0.407 e. The van der Waals surface area contributed by atoms with Crippen molar-refractivity contribution in [2.45, 2.75) is 89.1 Å². The fourth-order valence-corrected chi connectivity index (χ4v) is 9.06. The summed E-state index contributed by atoms with van der Waals surface area (Å²) in [4.78, 5) is 60.1. The van der Waals surface area contributed by atoms with Crippen molar-refractivity contribution in [3.63, 3.8) is 0 Å². The second-order valence-corrected chi connectivity index (χ2v) is 19.1. The molecule has 0 spiro atoms. The van der Waals surface area contributed by atoms with E-state index >= 15 is 0 Å². The molecule has 4 heterocycles. The number of hydrogen-bond donors (Lipinski definition) is 4. The number of hydrogen-bond acceptors (Lipinski definition) is 11. The number of carboxylic acids is 1. The minimum atomic E-state index is -3.31. The van der Waals surface area contributed by atoms with Gasteiger partial charge in [0.05, 0.1) is 12.3 Å². The minimum absolute atomic E-state index is 0.0828. The number of fused-ring (bicyclic) bond motifs is 2. The minimum Gasteiger partial charge on any atom is -0.478 e. The number of likely N-dealkylation sites (tertiary alicyclic amines) is 2. The molecule has 4 fully saturated rings. The molecule has 65 heavy (non-hydrogen) atoms. The number of carbonyl (C=O) groups excluding carboxylic acids is 4. The molecular weight excluding hydrogens is 895 g/mol. The number of halogens is 6. The summed E-state index contributed by atoms with van der Waals surface area (Å²) in [6.45, 7) is 8.64. The highest BCUT2D eigenvalue weighted by Gasteiger charge is 2.46.